The Bertz CT molecular complexity index is 497. The Hall–Kier alpha value is -0.540. The minimum atomic E-state index is 0. The number of halogens is 1. The lowest BCUT2D eigenvalue weighted by Gasteiger charge is -2.37. The van der Waals surface area contributed by atoms with E-state index < -0.39 is 0 Å². The quantitative estimate of drug-likeness (QED) is 0.295. The van der Waals surface area contributed by atoms with Gasteiger partial charge in [-0.2, -0.15) is 0 Å². The van der Waals surface area contributed by atoms with Gasteiger partial charge in [0, 0.05) is 46.4 Å². The molecule has 142 valence electrons. The van der Waals surface area contributed by atoms with Gasteiger partial charge in [-0.05, 0) is 36.8 Å². The lowest BCUT2D eigenvalue weighted by molar-refractivity contribution is 0.0573. The summed E-state index contributed by atoms with van der Waals surface area (Å²) in [5, 5.41) is 7.02. The summed E-state index contributed by atoms with van der Waals surface area (Å²) in [6.45, 7) is 5.97. The van der Waals surface area contributed by atoms with Crippen molar-refractivity contribution in [2.75, 3.05) is 51.3 Å². The molecule has 0 radical (unpaired) electrons. The first-order valence-electron chi connectivity index (χ1n) is 9.22. The summed E-state index contributed by atoms with van der Waals surface area (Å²) in [6, 6.07) is 4.33. The molecular weight excluding hydrogens is 447 g/mol. The second kappa shape index (κ2) is 11.2. The molecule has 3 rings (SSSR count). The van der Waals surface area contributed by atoms with Crippen LogP contribution in [0.15, 0.2) is 22.5 Å². The third kappa shape index (κ3) is 6.29. The van der Waals surface area contributed by atoms with E-state index in [1.807, 2.05) is 18.4 Å². The molecular formula is C18H31IN4OS. The Labute approximate surface area is 172 Å². The fraction of sp³-hybridized carbons (Fsp3) is 0.722. The van der Waals surface area contributed by atoms with E-state index in [0.717, 1.165) is 51.7 Å². The van der Waals surface area contributed by atoms with Gasteiger partial charge in [-0.1, -0.05) is 12.8 Å². The van der Waals surface area contributed by atoms with Gasteiger partial charge in [0.1, 0.15) is 0 Å². The molecule has 2 fully saturated rings. The average molecular weight is 478 g/mol. The zero-order valence-corrected chi connectivity index (χ0v) is 18.3. The normalized spacial score (nSPS) is 19.2. The Kier molecular flexibility index (Phi) is 9.33. The number of hydrogen-bond donors (Lipinski definition) is 1. The maximum Gasteiger partial charge on any atom is 0.193 e. The number of piperazine rings is 1. The maximum atomic E-state index is 5.92. The molecule has 1 aromatic rings. The molecule has 2 heterocycles. The highest BCUT2D eigenvalue weighted by Crippen LogP contribution is 2.22. The summed E-state index contributed by atoms with van der Waals surface area (Å²) in [5.41, 5.74) is 0. The molecule has 1 N–H and O–H groups in total. The van der Waals surface area contributed by atoms with Crippen LogP contribution in [-0.2, 0) is 4.74 Å². The number of nitrogens with zero attached hydrogens (tertiary/aromatic N) is 3. The molecule has 5 nitrogen and oxygen atoms in total. The summed E-state index contributed by atoms with van der Waals surface area (Å²) in [5.74, 6) is 1.03. The van der Waals surface area contributed by atoms with Gasteiger partial charge >= 0.3 is 0 Å². The van der Waals surface area contributed by atoms with Crippen molar-refractivity contribution in [3.63, 3.8) is 0 Å². The second-order valence-corrected chi connectivity index (χ2v) is 7.46. The number of aliphatic imine (C=N–C) groups is 1. The Morgan fingerprint density at radius 3 is 2.68 bits per heavy atom. The van der Waals surface area contributed by atoms with Gasteiger partial charge in [0.25, 0.3) is 0 Å². The van der Waals surface area contributed by atoms with Crippen molar-refractivity contribution < 1.29 is 4.74 Å². The molecule has 0 amide bonds. The first kappa shape index (κ1) is 20.8. The van der Waals surface area contributed by atoms with Crippen LogP contribution in [0.5, 0.6) is 0 Å². The van der Waals surface area contributed by atoms with Gasteiger partial charge in [0.05, 0.1) is 11.1 Å². The van der Waals surface area contributed by atoms with Crippen molar-refractivity contribution in [1.29, 1.82) is 0 Å². The zero-order valence-electron chi connectivity index (χ0n) is 15.2. The Balaban J connectivity index is 0.00000225. The average Bonchev–Trinajstić information content (AvgIpc) is 3.32. The molecule has 0 spiro atoms. The first-order chi connectivity index (χ1) is 11.9. The number of guanidine groups is 1. The molecule has 1 aromatic heterocycles. The largest absolute Gasteiger partial charge is 0.378 e. The van der Waals surface area contributed by atoms with E-state index in [4.69, 9.17) is 4.74 Å². The number of hydrogen-bond acceptors (Lipinski definition) is 4. The Morgan fingerprint density at radius 1 is 1.28 bits per heavy atom. The van der Waals surface area contributed by atoms with Gasteiger partial charge in [0.2, 0.25) is 0 Å². The Morgan fingerprint density at radius 2 is 2.04 bits per heavy atom. The van der Waals surface area contributed by atoms with Crippen molar-refractivity contribution in [3.8, 4) is 0 Å². The smallest absolute Gasteiger partial charge is 0.193 e. The summed E-state index contributed by atoms with van der Waals surface area (Å²) >= 11 is 1.82. The van der Waals surface area contributed by atoms with E-state index in [0.29, 0.717) is 6.10 Å². The van der Waals surface area contributed by atoms with Gasteiger partial charge in [-0.15, -0.1) is 35.3 Å². The van der Waals surface area contributed by atoms with Crippen LogP contribution >= 0.6 is 35.3 Å². The number of rotatable bonds is 6. The molecule has 1 saturated carbocycles. The minimum Gasteiger partial charge on any atom is -0.378 e. The van der Waals surface area contributed by atoms with E-state index in [1.165, 1.54) is 30.7 Å². The molecule has 1 aliphatic heterocycles. The van der Waals surface area contributed by atoms with Crippen molar-refractivity contribution in [2.24, 2.45) is 4.99 Å². The van der Waals surface area contributed by atoms with Gasteiger partial charge < -0.3 is 19.9 Å². The minimum absolute atomic E-state index is 0. The molecule has 25 heavy (non-hydrogen) atoms. The fourth-order valence-electron chi connectivity index (χ4n) is 3.50. The molecule has 2 aliphatic rings. The van der Waals surface area contributed by atoms with Crippen LogP contribution in [-0.4, -0.2) is 63.3 Å². The molecule has 7 heteroatoms. The van der Waals surface area contributed by atoms with Crippen molar-refractivity contribution in [3.05, 3.63) is 17.5 Å². The summed E-state index contributed by atoms with van der Waals surface area (Å²) in [4.78, 5) is 9.27. The molecule has 1 aliphatic carbocycles. The molecule has 1 saturated heterocycles. The third-order valence-corrected chi connectivity index (χ3v) is 5.80. The van der Waals surface area contributed by atoms with E-state index in [2.05, 4.69) is 37.6 Å². The first-order valence-corrected chi connectivity index (χ1v) is 10.1. The third-order valence-electron chi connectivity index (χ3n) is 4.87. The van der Waals surface area contributed by atoms with Crippen LogP contribution in [0.25, 0.3) is 0 Å². The molecule has 0 unspecified atom stereocenters. The van der Waals surface area contributed by atoms with Crippen molar-refractivity contribution >= 4 is 46.3 Å². The van der Waals surface area contributed by atoms with Crippen LogP contribution in [0, 0.1) is 0 Å². The van der Waals surface area contributed by atoms with E-state index in [9.17, 15) is 0 Å². The van der Waals surface area contributed by atoms with Crippen LogP contribution in [0.1, 0.15) is 32.1 Å². The van der Waals surface area contributed by atoms with Crippen LogP contribution in [0.2, 0.25) is 0 Å². The molecule has 0 atom stereocenters. The zero-order chi connectivity index (χ0) is 16.6. The summed E-state index contributed by atoms with van der Waals surface area (Å²) in [7, 11) is 1.88. The predicted octanol–water partition coefficient (Wildman–Crippen LogP) is 3.41. The number of ether oxygens (including phenoxy) is 1. The number of nitrogens with one attached hydrogen (secondary N) is 1. The summed E-state index contributed by atoms with van der Waals surface area (Å²) < 4.78 is 5.92. The van der Waals surface area contributed by atoms with Gasteiger partial charge in [0.15, 0.2) is 5.96 Å². The van der Waals surface area contributed by atoms with Crippen LogP contribution in [0.4, 0.5) is 5.00 Å². The highest BCUT2D eigenvalue weighted by Gasteiger charge is 2.20. The monoisotopic (exact) mass is 478 g/mol. The fourth-order valence-corrected chi connectivity index (χ4v) is 4.28. The molecule has 0 aromatic carbocycles. The van der Waals surface area contributed by atoms with Crippen LogP contribution in [0.3, 0.4) is 0 Å². The van der Waals surface area contributed by atoms with E-state index in [1.54, 1.807) is 0 Å². The summed E-state index contributed by atoms with van der Waals surface area (Å²) in [6.07, 6.45) is 6.76. The number of anilines is 1. The lowest BCUT2D eigenvalue weighted by Crippen LogP contribution is -2.52. The van der Waals surface area contributed by atoms with E-state index >= 15 is 0 Å². The van der Waals surface area contributed by atoms with Crippen molar-refractivity contribution in [2.45, 2.75) is 38.2 Å². The topological polar surface area (TPSA) is 40.1 Å². The second-order valence-electron chi connectivity index (χ2n) is 6.53. The molecule has 0 bridgehead atoms. The highest BCUT2D eigenvalue weighted by atomic mass is 127. The van der Waals surface area contributed by atoms with E-state index in [-0.39, 0.29) is 24.0 Å². The SMILES string of the molecule is CN=C(NCCCOC1CCCC1)N1CCN(c2cccs2)CC1.I. The van der Waals surface area contributed by atoms with Crippen LogP contribution < -0.4 is 10.2 Å². The van der Waals surface area contributed by atoms with Gasteiger partial charge in [-0.3, -0.25) is 4.99 Å². The lowest BCUT2D eigenvalue weighted by atomic mass is 10.3. The highest BCUT2D eigenvalue weighted by molar-refractivity contribution is 14.0. The standard InChI is InChI=1S/C18H30N4OS.HI/c1-19-18(20-9-5-14-23-16-6-2-3-7-16)22-12-10-21(11-13-22)17-8-4-15-24-17;/h4,8,15-16H,2-3,5-7,9-14H2,1H3,(H,19,20);1H. The maximum absolute atomic E-state index is 5.92. The van der Waals surface area contributed by atoms with Crippen molar-refractivity contribution in [1.82, 2.24) is 10.2 Å². The number of thiophene rings is 1. The van der Waals surface area contributed by atoms with Gasteiger partial charge in [-0.25, -0.2) is 0 Å². The predicted molar refractivity (Wildman–Crippen MR) is 118 cm³/mol.